The topological polar surface area (TPSA) is 171 Å². The third-order valence-corrected chi connectivity index (χ3v) is 6.77. The minimum absolute atomic E-state index is 0.0672. The summed E-state index contributed by atoms with van der Waals surface area (Å²) in [6.07, 6.45) is 0. The number of sulfonamides is 2. The van der Waals surface area contributed by atoms with E-state index in [2.05, 4.69) is 10.0 Å². The number of carbonyl (C=O) groups excluding carboxylic acids is 2. The highest BCUT2D eigenvalue weighted by molar-refractivity contribution is 7.89. The number of methoxy groups -OCH3 is 1. The molecule has 0 radical (unpaired) electrons. The largest absolute Gasteiger partial charge is 0.497 e. The van der Waals surface area contributed by atoms with Crippen molar-refractivity contribution >= 4 is 37.6 Å². The van der Waals surface area contributed by atoms with Crippen molar-refractivity contribution in [2.24, 2.45) is 11.1 Å². The lowest BCUT2D eigenvalue weighted by molar-refractivity contribution is -0.150. The van der Waals surface area contributed by atoms with Gasteiger partial charge in [0.15, 0.2) is 6.61 Å². The van der Waals surface area contributed by atoms with Gasteiger partial charge in [-0.15, -0.1) is 0 Å². The molecule has 0 heterocycles. The highest BCUT2D eigenvalue weighted by atomic mass is 32.2. The molecular weight excluding hydrogens is 474 g/mol. The maximum absolute atomic E-state index is 12.6. The van der Waals surface area contributed by atoms with Crippen molar-refractivity contribution in [3.05, 3.63) is 48.5 Å². The Labute approximate surface area is 192 Å². The Hall–Kier alpha value is -3.00. The van der Waals surface area contributed by atoms with Crippen molar-refractivity contribution in [1.82, 2.24) is 4.72 Å². The molecule has 0 aromatic heterocycles. The summed E-state index contributed by atoms with van der Waals surface area (Å²) >= 11 is 0. The van der Waals surface area contributed by atoms with Gasteiger partial charge in [-0.25, -0.2) is 22.0 Å². The van der Waals surface area contributed by atoms with Crippen LogP contribution in [-0.4, -0.2) is 48.5 Å². The molecule has 0 bridgehead atoms. The number of amides is 1. The third kappa shape index (κ3) is 7.53. The van der Waals surface area contributed by atoms with E-state index in [1.165, 1.54) is 55.6 Å². The summed E-state index contributed by atoms with van der Waals surface area (Å²) in [5, 5.41) is 7.44. The molecule has 0 aliphatic carbocycles. The Kier molecular flexibility index (Phi) is 8.55. The molecule has 13 heteroatoms. The Morgan fingerprint density at radius 2 is 1.48 bits per heavy atom. The number of anilines is 1. The molecule has 11 nitrogen and oxygen atoms in total. The number of benzene rings is 2. The fraction of sp³-hybridized carbons (Fsp3) is 0.300. The smallest absolute Gasteiger partial charge is 0.324 e. The number of hydrogen-bond donors (Lipinski definition) is 3. The van der Waals surface area contributed by atoms with E-state index in [0.29, 0.717) is 5.75 Å². The van der Waals surface area contributed by atoms with Gasteiger partial charge in [0, 0.05) is 5.69 Å². The third-order valence-electron chi connectivity index (χ3n) is 4.38. The van der Waals surface area contributed by atoms with Gasteiger partial charge in [-0.2, -0.15) is 4.72 Å². The lowest BCUT2D eigenvalue weighted by Crippen LogP contribution is -2.45. The van der Waals surface area contributed by atoms with E-state index in [1.807, 2.05) is 0 Å². The molecule has 0 spiro atoms. The van der Waals surface area contributed by atoms with Gasteiger partial charge in [0.1, 0.15) is 11.8 Å². The molecule has 4 N–H and O–H groups in total. The fourth-order valence-electron chi connectivity index (χ4n) is 2.60. The van der Waals surface area contributed by atoms with Crippen LogP contribution in [-0.2, 0) is 34.4 Å². The molecule has 2 aromatic rings. The van der Waals surface area contributed by atoms with Crippen molar-refractivity contribution < 1.29 is 35.9 Å². The van der Waals surface area contributed by atoms with Crippen LogP contribution < -0.4 is 19.9 Å². The van der Waals surface area contributed by atoms with E-state index in [0.717, 1.165) is 0 Å². The summed E-state index contributed by atoms with van der Waals surface area (Å²) in [7, 11) is -6.47. The summed E-state index contributed by atoms with van der Waals surface area (Å²) in [5.74, 6) is -1.63. The van der Waals surface area contributed by atoms with Crippen LogP contribution in [0.5, 0.6) is 5.75 Å². The minimum Gasteiger partial charge on any atom is -0.497 e. The monoisotopic (exact) mass is 499 g/mol. The van der Waals surface area contributed by atoms with Gasteiger partial charge in [-0.3, -0.25) is 9.59 Å². The Morgan fingerprint density at radius 1 is 0.939 bits per heavy atom. The van der Waals surface area contributed by atoms with E-state index in [9.17, 15) is 26.4 Å². The number of esters is 1. The second kappa shape index (κ2) is 10.7. The first-order valence-corrected chi connectivity index (χ1v) is 12.6. The summed E-state index contributed by atoms with van der Waals surface area (Å²) < 4.78 is 60.1. The SMILES string of the molecule is COc1ccc(S(=O)(=O)N[C@H](C(=O)OCC(=O)Nc2ccc(S(N)(=O)=O)cc2)C(C)C)cc1. The minimum atomic E-state index is -4.04. The molecule has 0 aliphatic heterocycles. The molecule has 0 fully saturated rings. The molecule has 0 saturated heterocycles. The molecular formula is C20H25N3O8S2. The van der Waals surface area contributed by atoms with Crippen LogP contribution in [0.2, 0.25) is 0 Å². The number of carbonyl (C=O) groups is 2. The zero-order valence-corrected chi connectivity index (χ0v) is 19.8. The van der Waals surface area contributed by atoms with Gasteiger partial charge in [0.05, 0.1) is 16.9 Å². The maximum atomic E-state index is 12.6. The molecule has 1 atom stereocenters. The van der Waals surface area contributed by atoms with E-state index in [-0.39, 0.29) is 15.5 Å². The van der Waals surface area contributed by atoms with Crippen molar-refractivity contribution in [2.45, 2.75) is 29.7 Å². The summed E-state index contributed by atoms with van der Waals surface area (Å²) in [6.45, 7) is 2.56. The zero-order valence-electron chi connectivity index (χ0n) is 18.1. The molecule has 2 aromatic carbocycles. The second-order valence-corrected chi connectivity index (χ2v) is 10.5. The van der Waals surface area contributed by atoms with Gasteiger partial charge in [0.2, 0.25) is 20.0 Å². The standard InChI is InChI=1S/C20H25N3O8S2/c1-13(2)19(23-33(28,29)17-10-6-15(30-3)7-11-17)20(25)31-12-18(24)22-14-4-8-16(9-5-14)32(21,26)27/h4-11,13,19,23H,12H2,1-3H3,(H,22,24)(H2,21,26,27)/t19-/m0/s1. The van der Waals surface area contributed by atoms with Crippen LogP contribution in [0.15, 0.2) is 58.3 Å². The number of nitrogens with two attached hydrogens (primary N) is 1. The van der Waals surface area contributed by atoms with E-state index in [1.54, 1.807) is 13.8 Å². The van der Waals surface area contributed by atoms with Crippen LogP contribution in [0.1, 0.15) is 13.8 Å². The number of primary sulfonamides is 1. The van der Waals surface area contributed by atoms with Gasteiger partial charge < -0.3 is 14.8 Å². The molecule has 33 heavy (non-hydrogen) atoms. The van der Waals surface area contributed by atoms with Gasteiger partial charge in [-0.05, 0) is 54.4 Å². The molecule has 180 valence electrons. The van der Waals surface area contributed by atoms with E-state index < -0.39 is 50.5 Å². The lowest BCUT2D eigenvalue weighted by atomic mass is 10.1. The number of ether oxygens (including phenoxy) is 2. The average Bonchev–Trinajstić information content (AvgIpc) is 2.75. The molecule has 0 saturated carbocycles. The van der Waals surface area contributed by atoms with Crippen molar-refractivity contribution in [2.75, 3.05) is 19.0 Å². The Balaban J connectivity index is 1.99. The zero-order chi connectivity index (χ0) is 24.8. The maximum Gasteiger partial charge on any atom is 0.324 e. The summed E-state index contributed by atoms with van der Waals surface area (Å²) in [5.41, 5.74) is 0.254. The van der Waals surface area contributed by atoms with Gasteiger partial charge >= 0.3 is 5.97 Å². The van der Waals surface area contributed by atoms with Crippen LogP contribution in [0, 0.1) is 5.92 Å². The summed E-state index contributed by atoms with van der Waals surface area (Å²) in [6, 6.07) is 9.42. The number of rotatable bonds is 10. The highest BCUT2D eigenvalue weighted by Gasteiger charge is 2.30. The highest BCUT2D eigenvalue weighted by Crippen LogP contribution is 2.17. The van der Waals surface area contributed by atoms with Crippen LogP contribution in [0.25, 0.3) is 0 Å². The lowest BCUT2D eigenvalue weighted by Gasteiger charge is -2.20. The predicted molar refractivity (Wildman–Crippen MR) is 119 cm³/mol. The number of hydrogen-bond acceptors (Lipinski definition) is 8. The van der Waals surface area contributed by atoms with Gasteiger partial charge in [0.25, 0.3) is 5.91 Å². The predicted octanol–water partition coefficient (Wildman–Crippen LogP) is 0.827. The quantitative estimate of drug-likeness (QED) is 0.403. The van der Waals surface area contributed by atoms with Crippen LogP contribution in [0.3, 0.4) is 0 Å². The van der Waals surface area contributed by atoms with Crippen molar-refractivity contribution in [3.8, 4) is 5.75 Å². The first-order valence-electron chi connectivity index (χ1n) is 9.59. The second-order valence-electron chi connectivity index (χ2n) is 7.24. The van der Waals surface area contributed by atoms with Gasteiger partial charge in [-0.1, -0.05) is 13.8 Å². The normalized spacial score (nSPS) is 12.8. The number of nitrogens with one attached hydrogen (secondary N) is 2. The fourth-order valence-corrected chi connectivity index (χ4v) is 4.45. The molecule has 0 unspecified atom stereocenters. The molecule has 0 aliphatic rings. The van der Waals surface area contributed by atoms with Crippen LogP contribution >= 0.6 is 0 Å². The van der Waals surface area contributed by atoms with Crippen molar-refractivity contribution in [3.63, 3.8) is 0 Å². The van der Waals surface area contributed by atoms with Crippen molar-refractivity contribution in [1.29, 1.82) is 0 Å². The first kappa shape index (κ1) is 26.3. The molecule has 1 amide bonds. The first-order chi connectivity index (χ1) is 15.3. The van der Waals surface area contributed by atoms with E-state index in [4.69, 9.17) is 14.6 Å². The summed E-state index contributed by atoms with van der Waals surface area (Å²) in [4.78, 5) is 24.4. The Morgan fingerprint density at radius 3 is 1.97 bits per heavy atom. The molecule has 2 rings (SSSR count). The Bertz CT molecular complexity index is 1190. The van der Waals surface area contributed by atoms with Crippen LogP contribution in [0.4, 0.5) is 5.69 Å². The van der Waals surface area contributed by atoms with E-state index >= 15 is 0 Å². The average molecular weight is 500 g/mol.